The number of nitrogens with one attached hydrogen (secondary N) is 1. The van der Waals surface area contributed by atoms with Gasteiger partial charge in [-0.1, -0.05) is 30.3 Å². The molecule has 0 aliphatic rings. The normalized spacial score (nSPS) is 10.4. The fourth-order valence-corrected chi connectivity index (χ4v) is 1.60. The summed E-state index contributed by atoms with van der Waals surface area (Å²) in [6, 6.07) is 10.2. The Labute approximate surface area is 94.3 Å². The Morgan fingerprint density at radius 1 is 1.25 bits per heavy atom. The number of hydrogen-bond acceptors (Lipinski definition) is 4. The molecule has 84 valence electrons. The predicted molar refractivity (Wildman–Crippen MR) is 63.0 cm³/mol. The van der Waals surface area contributed by atoms with E-state index in [1.807, 2.05) is 29.8 Å². The molecule has 5 nitrogen and oxygen atoms in total. The van der Waals surface area contributed by atoms with E-state index in [9.17, 15) is 0 Å². The number of nitrogens with two attached hydrogens (primary N) is 1. The van der Waals surface area contributed by atoms with E-state index in [0.29, 0.717) is 6.54 Å². The molecule has 1 heterocycles. The molecule has 0 saturated heterocycles. The van der Waals surface area contributed by atoms with Crippen LogP contribution in [0.25, 0.3) is 0 Å². The second-order valence-corrected chi connectivity index (χ2v) is 3.47. The van der Waals surface area contributed by atoms with E-state index in [2.05, 4.69) is 27.6 Å². The van der Waals surface area contributed by atoms with Gasteiger partial charge in [-0.25, -0.2) is 0 Å². The van der Waals surface area contributed by atoms with E-state index < -0.39 is 0 Å². The van der Waals surface area contributed by atoms with Crippen molar-refractivity contribution in [3.63, 3.8) is 0 Å². The lowest BCUT2D eigenvalue weighted by atomic mass is 10.2. The number of rotatable bonds is 4. The van der Waals surface area contributed by atoms with Crippen LogP contribution in [0.5, 0.6) is 0 Å². The molecule has 1 aromatic heterocycles. The van der Waals surface area contributed by atoms with Crippen molar-refractivity contribution >= 4 is 5.95 Å². The molecule has 1 aromatic carbocycles. The van der Waals surface area contributed by atoms with Crippen LogP contribution in [-0.2, 0) is 13.1 Å². The maximum Gasteiger partial charge on any atom is 0.224 e. The van der Waals surface area contributed by atoms with Crippen molar-refractivity contribution in [3.8, 4) is 0 Å². The largest absolute Gasteiger partial charge is 0.357 e. The third-order valence-electron chi connectivity index (χ3n) is 2.42. The lowest BCUT2D eigenvalue weighted by Crippen LogP contribution is -2.11. The summed E-state index contributed by atoms with van der Waals surface area (Å²) >= 11 is 0. The van der Waals surface area contributed by atoms with Gasteiger partial charge in [0.25, 0.3) is 0 Å². The summed E-state index contributed by atoms with van der Waals surface area (Å²) in [6.07, 6.45) is 0. The Kier molecular flexibility index (Phi) is 3.16. The molecular weight excluding hydrogens is 202 g/mol. The number of hydrogen-bond donors (Lipinski definition) is 2. The van der Waals surface area contributed by atoms with Crippen LogP contribution in [-0.4, -0.2) is 21.8 Å². The third kappa shape index (κ3) is 2.04. The van der Waals surface area contributed by atoms with Crippen LogP contribution in [0.2, 0.25) is 0 Å². The SMILES string of the molecule is CNc1nnc(CN)n1Cc1ccccc1. The first-order valence-electron chi connectivity index (χ1n) is 5.19. The van der Waals surface area contributed by atoms with Gasteiger partial charge in [0.15, 0.2) is 0 Å². The Bertz CT molecular complexity index is 427. The summed E-state index contributed by atoms with van der Waals surface area (Å²) in [5, 5.41) is 11.1. The zero-order chi connectivity index (χ0) is 11.4. The molecule has 0 atom stereocenters. The minimum absolute atomic E-state index is 0.390. The number of aromatic nitrogens is 3. The predicted octanol–water partition coefficient (Wildman–Crippen LogP) is 0.827. The smallest absolute Gasteiger partial charge is 0.224 e. The van der Waals surface area contributed by atoms with Crippen LogP contribution in [0.3, 0.4) is 0 Å². The summed E-state index contributed by atoms with van der Waals surface area (Å²) in [7, 11) is 1.83. The average Bonchev–Trinajstić information content (AvgIpc) is 2.72. The molecule has 5 heteroatoms. The summed E-state index contributed by atoms with van der Waals surface area (Å²) in [4.78, 5) is 0. The molecule has 0 aliphatic carbocycles. The molecule has 0 unspecified atom stereocenters. The Morgan fingerprint density at radius 3 is 2.62 bits per heavy atom. The van der Waals surface area contributed by atoms with Gasteiger partial charge in [-0.15, -0.1) is 10.2 Å². The highest BCUT2D eigenvalue weighted by Crippen LogP contribution is 2.10. The molecule has 16 heavy (non-hydrogen) atoms. The maximum atomic E-state index is 5.62. The van der Waals surface area contributed by atoms with Gasteiger partial charge in [0.05, 0.1) is 13.1 Å². The topological polar surface area (TPSA) is 68.8 Å². The zero-order valence-corrected chi connectivity index (χ0v) is 9.22. The third-order valence-corrected chi connectivity index (χ3v) is 2.42. The standard InChI is InChI=1S/C11H15N5/c1-13-11-15-14-10(7-12)16(11)8-9-5-3-2-4-6-9/h2-6H,7-8,12H2,1H3,(H,13,15). The molecule has 2 aromatic rings. The van der Waals surface area contributed by atoms with Gasteiger partial charge >= 0.3 is 0 Å². The van der Waals surface area contributed by atoms with Crippen LogP contribution >= 0.6 is 0 Å². The van der Waals surface area contributed by atoms with Crippen molar-refractivity contribution in [3.05, 3.63) is 41.7 Å². The fourth-order valence-electron chi connectivity index (χ4n) is 1.60. The van der Waals surface area contributed by atoms with E-state index in [1.54, 1.807) is 0 Å². The highest BCUT2D eigenvalue weighted by molar-refractivity contribution is 5.27. The van der Waals surface area contributed by atoms with Crippen LogP contribution in [0.4, 0.5) is 5.95 Å². The first kappa shape index (κ1) is 10.6. The van der Waals surface area contributed by atoms with Gasteiger partial charge in [0, 0.05) is 7.05 Å². The lowest BCUT2D eigenvalue weighted by molar-refractivity contribution is 0.729. The summed E-state index contributed by atoms with van der Waals surface area (Å²) < 4.78 is 1.98. The minimum Gasteiger partial charge on any atom is -0.357 e. The highest BCUT2D eigenvalue weighted by Gasteiger charge is 2.09. The Morgan fingerprint density at radius 2 is 2.00 bits per heavy atom. The molecule has 0 saturated carbocycles. The van der Waals surface area contributed by atoms with Crippen LogP contribution in [0.1, 0.15) is 11.4 Å². The molecule has 0 amide bonds. The van der Waals surface area contributed by atoms with Gasteiger partial charge in [-0.3, -0.25) is 4.57 Å². The molecule has 0 radical (unpaired) electrons. The van der Waals surface area contributed by atoms with Gasteiger partial charge in [0.2, 0.25) is 5.95 Å². The van der Waals surface area contributed by atoms with E-state index >= 15 is 0 Å². The van der Waals surface area contributed by atoms with Crippen LogP contribution < -0.4 is 11.1 Å². The molecule has 3 N–H and O–H groups in total. The van der Waals surface area contributed by atoms with E-state index in [1.165, 1.54) is 5.56 Å². The Hall–Kier alpha value is -1.88. The molecule has 2 rings (SSSR count). The van der Waals surface area contributed by atoms with Crippen molar-refractivity contribution < 1.29 is 0 Å². The van der Waals surface area contributed by atoms with Crippen molar-refractivity contribution in [2.24, 2.45) is 5.73 Å². The minimum atomic E-state index is 0.390. The lowest BCUT2D eigenvalue weighted by Gasteiger charge is -2.08. The van der Waals surface area contributed by atoms with Gasteiger partial charge < -0.3 is 11.1 Å². The van der Waals surface area contributed by atoms with E-state index in [-0.39, 0.29) is 0 Å². The average molecular weight is 217 g/mol. The zero-order valence-electron chi connectivity index (χ0n) is 9.22. The highest BCUT2D eigenvalue weighted by atomic mass is 15.3. The van der Waals surface area contributed by atoms with Crippen molar-refractivity contribution in [1.29, 1.82) is 0 Å². The van der Waals surface area contributed by atoms with Crippen molar-refractivity contribution in [2.75, 3.05) is 12.4 Å². The monoisotopic (exact) mass is 217 g/mol. The molecule has 0 aliphatic heterocycles. The second-order valence-electron chi connectivity index (χ2n) is 3.47. The Balaban J connectivity index is 2.29. The second kappa shape index (κ2) is 4.76. The van der Waals surface area contributed by atoms with Crippen molar-refractivity contribution in [2.45, 2.75) is 13.1 Å². The molecule has 0 fully saturated rings. The maximum absolute atomic E-state index is 5.62. The number of nitrogens with zero attached hydrogens (tertiary/aromatic N) is 3. The first-order chi connectivity index (χ1) is 7.85. The number of anilines is 1. The quantitative estimate of drug-likeness (QED) is 0.795. The van der Waals surface area contributed by atoms with Crippen LogP contribution in [0, 0.1) is 0 Å². The van der Waals surface area contributed by atoms with Gasteiger partial charge in [-0.2, -0.15) is 0 Å². The van der Waals surface area contributed by atoms with Gasteiger partial charge in [-0.05, 0) is 5.56 Å². The summed E-state index contributed by atoms with van der Waals surface area (Å²) in [5.74, 6) is 1.53. The van der Waals surface area contributed by atoms with Crippen LogP contribution in [0.15, 0.2) is 30.3 Å². The summed E-state index contributed by atoms with van der Waals surface area (Å²) in [5.41, 5.74) is 6.82. The summed E-state index contributed by atoms with van der Waals surface area (Å²) in [6.45, 7) is 1.12. The van der Waals surface area contributed by atoms with E-state index in [4.69, 9.17) is 5.73 Å². The molecule has 0 bridgehead atoms. The van der Waals surface area contributed by atoms with E-state index in [0.717, 1.165) is 18.3 Å². The molecule has 0 spiro atoms. The molecular formula is C11H15N5. The number of benzene rings is 1. The first-order valence-corrected chi connectivity index (χ1v) is 5.19. The van der Waals surface area contributed by atoms with Gasteiger partial charge in [0.1, 0.15) is 5.82 Å². The fraction of sp³-hybridized carbons (Fsp3) is 0.273. The van der Waals surface area contributed by atoms with Crippen molar-refractivity contribution in [1.82, 2.24) is 14.8 Å².